The molecule has 5 nitrogen and oxygen atoms in total. The molecule has 1 rings (SSSR count). The van der Waals surface area contributed by atoms with Crippen molar-refractivity contribution in [2.45, 2.75) is 38.5 Å². The van der Waals surface area contributed by atoms with Crippen molar-refractivity contribution in [3.63, 3.8) is 0 Å². The molecule has 0 radical (unpaired) electrons. The second-order valence-electron chi connectivity index (χ2n) is 3.64. The van der Waals surface area contributed by atoms with Crippen LogP contribution in [0.4, 0.5) is 0 Å². The van der Waals surface area contributed by atoms with Crippen molar-refractivity contribution in [1.29, 1.82) is 0 Å². The SMILES string of the molecule is O=C(O)CCCCC(=O)N1CCCCO1. The molecule has 0 unspecified atom stereocenters. The predicted octanol–water partition coefficient (Wildman–Crippen LogP) is 1.19. The number of carboxylic acid groups (broad SMARTS) is 1. The first-order valence-electron chi connectivity index (χ1n) is 5.35. The number of aliphatic carboxylic acids is 1. The third-order valence-corrected chi connectivity index (χ3v) is 2.31. The molecule has 0 aromatic heterocycles. The lowest BCUT2D eigenvalue weighted by Gasteiger charge is -2.25. The largest absolute Gasteiger partial charge is 0.481 e. The van der Waals surface area contributed by atoms with E-state index in [9.17, 15) is 9.59 Å². The number of carboxylic acids is 1. The number of unbranched alkanes of at least 4 members (excludes halogenated alkanes) is 1. The summed E-state index contributed by atoms with van der Waals surface area (Å²) in [4.78, 5) is 26.9. The Bertz CT molecular complexity index is 223. The number of hydrogen-bond acceptors (Lipinski definition) is 3. The van der Waals surface area contributed by atoms with Gasteiger partial charge < -0.3 is 5.11 Å². The first kappa shape index (κ1) is 12.0. The van der Waals surface area contributed by atoms with E-state index >= 15 is 0 Å². The van der Waals surface area contributed by atoms with Crippen LogP contribution in [0.25, 0.3) is 0 Å². The molecule has 0 spiro atoms. The molecule has 0 bridgehead atoms. The minimum atomic E-state index is -0.809. The zero-order valence-electron chi connectivity index (χ0n) is 8.78. The van der Waals surface area contributed by atoms with Gasteiger partial charge in [-0.25, -0.2) is 5.06 Å². The number of nitrogens with zero attached hydrogens (tertiary/aromatic N) is 1. The molecule has 1 aliphatic rings. The lowest BCUT2D eigenvalue weighted by atomic mass is 10.2. The van der Waals surface area contributed by atoms with Crippen LogP contribution < -0.4 is 0 Å². The van der Waals surface area contributed by atoms with Crippen LogP contribution in [0, 0.1) is 0 Å². The normalized spacial score (nSPS) is 16.4. The first-order chi connectivity index (χ1) is 7.20. The van der Waals surface area contributed by atoms with Gasteiger partial charge >= 0.3 is 5.97 Å². The van der Waals surface area contributed by atoms with Gasteiger partial charge in [-0.1, -0.05) is 0 Å². The van der Waals surface area contributed by atoms with Gasteiger partial charge in [-0.15, -0.1) is 0 Å². The van der Waals surface area contributed by atoms with E-state index in [2.05, 4.69) is 0 Å². The molecule has 0 atom stereocenters. The van der Waals surface area contributed by atoms with Crippen molar-refractivity contribution in [3.8, 4) is 0 Å². The average Bonchev–Trinajstić information content (AvgIpc) is 2.25. The molecule has 0 aromatic rings. The number of hydroxylamine groups is 2. The fourth-order valence-corrected chi connectivity index (χ4v) is 1.47. The van der Waals surface area contributed by atoms with Crippen molar-refractivity contribution in [2.75, 3.05) is 13.2 Å². The molecule has 1 amide bonds. The number of amides is 1. The minimum Gasteiger partial charge on any atom is -0.481 e. The van der Waals surface area contributed by atoms with E-state index in [1.54, 1.807) is 0 Å². The first-order valence-corrected chi connectivity index (χ1v) is 5.35. The summed E-state index contributed by atoms with van der Waals surface area (Å²) in [7, 11) is 0. The summed E-state index contributed by atoms with van der Waals surface area (Å²) >= 11 is 0. The van der Waals surface area contributed by atoms with Crippen molar-refractivity contribution in [3.05, 3.63) is 0 Å². The fraction of sp³-hybridized carbons (Fsp3) is 0.800. The molecule has 1 saturated heterocycles. The molecule has 1 aliphatic heterocycles. The zero-order chi connectivity index (χ0) is 11.1. The zero-order valence-corrected chi connectivity index (χ0v) is 8.78. The molecular weight excluding hydrogens is 198 g/mol. The van der Waals surface area contributed by atoms with Gasteiger partial charge in [0.1, 0.15) is 0 Å². The Balaban J connectivity index is 2.09. The van der Waals surface area contributed by atoms with Crippen LogP contribution in [0.5, 0.6) is 0 Å². The average molecular weight is 215 g/mol. The van der Waals surface area contributed by atoms with E-state index in [4.69, 9.17) is 9.94 Å². The van der Waals surface area contributed by atoms with Gasteiger partial charge in [0.25, 0.3) is 0 Å². The van der Waals surface area contributed by atoms with E-state index in [1.165, 1.54) is 5.06 Å². The highest BCUT2D eigenvalue weighted by atomic mass is 16.7. The van der Waals surface area contributed by atoms with Crippen LogP contribution in [-0.2, 0) is 14.4 Å². The fourth-order valence-electron chi connectivity index (χ4n) is 1.47. The molecule has 15 heavy (non-hydrogen) atoms. The van der Waals surface area contributed by atoms with Gasteiger partial charge in [0.2, 0.25) is 5.91 Å². The minimum absolute atomic E-state index is 0.0277. The van der Waals surface area contributed by atoms with Gasteiger partial charge in [0.05, 0.1) is 6.61 Å². The maximum atomic E-state index is 11.5. The number of carbonyl (C=O) groups is 2. The summed E-state index contributed by atoms with van der Waals surface area (Å²) in [6, 6.07) is 0. The summed E-state index contributed by atoms with van der Waals surface area (Å²) in [5, 5.41) is 9.81. The summed E-state index contributed by atoms with van der Waals surface area (Å²) in [6.07, 6.45) is 3.67. The van der Waals surface area contributed by atoms with Crippen LogP contribution in [0.3, 0.4) is 0 Å². The quantitative estimate of drug-likeness (QED) is 0.699. The molecule has 0 aliphatic carbocycles. The van der Waals surface area contributed by atoms with Crippen LogP contribution in [0.2, 0.25) is 0 Å². The molecule has 1 heterocycles. The van der Waals surface area contributed by atoms with E-state index in [0.29, 0.717) is 32.4 Å². The maximum Gasteiger partial charge on any atom is 0.303 e. The molecule has 5 heteroatoms. The third kappa shape index (κ3) is 4.78. The Hall–Kier alpha value is -1.10. The number of hydrogen-bond donors (Lipinski definition) is 1. The maximum absolute atomic E-state index is 11.5. The third-order valence-electron chi connectivity index (χ3n) is 2.31. The number of rotatable bonds is 5. The molecule has 86 valence electrons. The van der Waals surface area contributed by atoms with Gasteiger partial charge in [-0.3, -0.25) is 14.4 Å². The Labute approximate surface area is 89.0 Å². The summed E-state index contributed by atoms with van der Waals surface area (Å²) in [5.41, 5.74) is 0. The van der Waals surface area contributed by atoms with E-state index in [1.807, 2.05) is 0 Å². The van der Waals surface area contributed by atoms with Gasteiger partial charge in [0, 0.05) is 19.4 Å². The summed E-state index contributed by atoms with van der Waals surface area (Å²) in [5.74, 6) is -0.836. The molecular formula is C10H17NO4. The van der Waals surface area contributed by atoms with E-state index in [-0.39, 0.29) is 12.3 Å². The van der Waals surface area contributed by atoms with Crippen molar-refractivity contribution in [1.82, 2.24) is 5.06 Å². The summed E-state index contributed by atoms with van der Waals surface area (Å²) < 4.78 is 0. The molecule has 0 aromatic carbocycles. The second-order valence-corrected chi connectivity index (χ2v) is 3.64. The Morgan fingerprint density at radius 1 is 1.20 bits per heavy atom. The monoisotopic (exact) mass is 215 g/mol. The van der Waals surface area contributed by atoms with Crippen LogP contribution in [-0.4, -0.2) is 35.2 Å². The van der Waals surface area contributed by atoms with Crippen LogP contribution >= 0.6 is 0 Å². The lowest BCUT2D eigenvalue weighted by molar-refractivity contribution is -0.197. The standard InChI is InChI=1S/C10H17NO4/c12-9(5-1-2-6-10(13)14)11-7-3-4-8-15-11/h1-8H2,(H,13,14). The topological polar surface area (TPSA) is 66.8 Å². The van der Waals surface area contributed by atoms with E-state index in [0.717, 1.165) is 12.8 Å². The lowest BCUT2D eigenvalue weighted by Crippen LogP contribution is -2.35. The van der Waals surface area contributed by atoms with E-state index < -0.39 is 5.97 Å². The Morgan fingerprint density at radius 3 is 2.53 bits per heavy atom. The Morgan fingerprint density at radius 2 is 1.93 bits per heavy atom. The smallest absolute Gasteiger partial charge is 0.303 e. The van der Waals surface area contributed by atoms with Crippen molar-refractivity contribution < 1.29 is 19.5 Å². The van der Waals surface area contributed by atoms with Gasteiger partial charge in [-0.2, -0.15) is 0 Å². The van der Waals surface area contributed by atoms with Crippen molar-refractivity contribution in [2.24, 2.45) is 0 Å². The van der Waals surface area contributed by atoms with Crippen LogP contribution in [0.15, 0.2) is 0 Å². The second kappa shape index (κ2) is 6.40. The highest BCUT2D eigenvalue weighted by Gasteiger charge is 2.16. The highest BCUT2D eigenvalue weighted by molar-refractivity contribution is 5.75. The van der Waals surface area contributed by atoms with Crippen molar-refractivity contribution >= 4 is 11.9 Å². The molecule has 1 N–H and O–H groups in total. The van der Waals surface area contributed by atoms with Crippen LogP contribution in [0.1, 0.15) is 38.5 Å². The number of carbonyl (C=O) groups excluding carboxylic acids is 1. The highest BCUT2D eigenvalue weighted by Crippen LogP contribution is 2.09. The molecule has 0 saturated carbocycles. The summed E-state index contributed by atoms with van der Waals surface area (Å²) in [6.45, 7) is 1.28. The predicted molar refractivity (Wildman–Crippen MR) is 53.0 cm³/mol. The Kier molecular flexibility index (Phi) is 5.10. The van der Waals surface area contributed by atoms with Gasteiger partial charge in [0.15, 0.2) is 0 Å². The van der Waals surface area contributed by atoms with Gasteiger partial charge in [-0.05, 0) is 25.7 Å². The molecule has 1 fully saturated rings.